The summed E-state index contributed by atoms with van der Waals surface area (Å²) in [6.45, 7) is 0.146. The Morgan fingerprint density at radius 2 is 1.80 bits per heavy atom. The van der Waals surface area contributed by atoms with Gasteiger partial charge in [0.15, 0.2) is 28.6 Å². The van der Waals surface area contributed by atoms with Crippen molar-refractivity contribution in [3.8, 4) is 28.7 Å². The van der Waals surface area contributed by atoms with Crippen molar-refractivity contribution >= 4 is 22.8 Å². The molecular formula is C18H12O7. The lowest BCUT2D eigenvalue weighted by Crippen LogP contribution is -1.96. The van der Waals surface area contributed by atoms with Gasteiger partial charge in [-0.1, -0.05) is 12.1 Å². The van der Waals surface area contributed by atoms with Crippen LogP contribution in [0.25, 0.3) is 17.0 Å². The first kappa shape index (κ1) is 14.9. The van der Waals surface area contributed by atoms with Gasteiger partial charge in [-0.25, -0.2) is 0 Å². The highest BCUT2D eigenvalue weighted by Crippen LogP contribution is 2.44. The minimum absolute atomic E-state index is 0.0914. The van der Waals surface area contributed by atoms with Crippen molar-refractivity contribution in [1.29, 1.82) is 0 Å². The zero-order valence-corrected chi connectivity index (χ0v) is 12.7. The molecule has 7 heteroatoms. The summed E-state index contributed by atoms with van der Waals surface area (Å²) in [6, 6.07) is 6.53. The zero-order chi connectivity index (χ0) is 17.6. The first-order valence-electron chi connectivity index (χ1n) is 7.32. The molecule has 0 bridgehead atoms. The second kappa shape index (κ2) is 5.48. The number of phenolic OH excluding ortho intramolecular Hbond substituents is 3. The van der Waals surface area contributed by atoms with Crippen molar-refractivity contribution in [3.63, 3.8) is 0 Å². The van der Waals surface area contributed by atoms with Crippen LogP contribution < -0.4 is 9.47 Å². The van der Waals surface area contributed by atoms with E-state index in [-0.39, 0.29) is 17.8 Å². The van der Waals surface area contributed by atoms with E-state index < -0.39 is 28.6 Å². The Hall–Kier alpha value is -3.61. The van der Waals surface area contributed by atoms with Gasteiger partial charge < -0.3 is 29.2 Å². The van der Waals surface area contributed by atoms with Crippen molar-refractivity contribution in [2.24, 2.45) is 0 Å². The molecule has 0 saturated carbocycles. The van der Waals surface area contributed by atoms with Crippen LogP contribution in [0.1, 0.15) is 15.9 Å². The number of allylic oxidation sites excluding steroid dienone is 1. The van der Waals surface area contributed by atoms with E-state index >= 15 is 0 Å². The molecule has 4 rings (SSSR count). The Morgan fingerprint density at radius 1 is 1.00 bits per heavy atom. The molecule has 0 radical (unpaired) electrons. The van der Waals surface area contributed by atoms with Crippen LogP contribution >= 0.6 is 0 Å². The fourth-order valence-electron chi connectivity index (χ4n) is 2.66. The Kier molecular flexibility index (Phi) is 3.28. The summed E-state index contributed by atoms with van der Waals surface area (Å²) < 4.78 is 15.5. The van der Waals surface area contributed by atoms with Crippen LogP contribution in [-0.2, 0) is 0 Å². The molecule has 2 heterocycles. The normalized spacial score (nSPS) is 13.0. The number of rotatable bonds is 3. The topological polar surface area (TPSA) is 109 Å². The number of phenols is 3. The van der Waals surface area contributed by atoms with Gasteiger partial charge in [-0.2, -0.15) is 0 Å². The number of hydrogen-bond donors (Lipinski definition) is 3. The second-order valence-electron chi connectivity index (χ2n) is 5.39. The molecule has 7 nitrogen and oxygen atoms in total. The highest BCUT2D eigenvalue weighted by molar-refractivity contribution is 6.14. The lowest BCUT2D eigenvalue weighted by atomic mass is 10.0. The molecule has 3 aromatic rings. The van der Waals surface area contributed by atoms with Gasteiger partial charge in [0.05, 0.1) is 11.6 Å². The SMILES string of the molecule is O=C(/C=C/c1ccc2c(c1)OCO2)c1c(O)c(O)c2occc2c1O. The van der Waals surface area contributed by atoms with E-state index in [4.69, 9.17) is 13.9 Å². The maximum atomic E-state index is 12.4. The molecule has 1 aromatic heterocycles. The number of fused-ring (bicyclic) bond motifs is 2. The van der Waals surface area contributed by atoms with Crippen molar-refractivity contribution in [1.82, 2.24) is 0 Å². The van der Waals surface area contributed by atoms with E-state index in [1.165, 1.54) is 24.5 Å². The average molecular weight is 340 g/mol. The van der Waals surface area contributed by atoms with E-state index in [1.807, 2.05) is 0 Å². The second-order valence-corrected chi connectivity index (χ2v) is 5.39. The summed E-state index contributed by atoms with van der Waals surface area (Å²) in [4.78, 5) is 12.4. The Balaban J connectivity index is 1.70. The number of furan rings is 1. The van der Waals surface area contributed by atoms with Crippen LogP contribution in [-0.4, -0.2) is 27.9 Å². The van der Waals surface area contributed by atoms with Crippen LogP contribution in [0.5, 0.6) is 28.7 Å². The van der Waals surface area contributed by atoms with E-state index in [0.29, 0.717) is 17.1 Å². The van der Waals surface area contributed by atoms with Gasteiger partial charge in [0.25, 0.3) is 0 Å². The molecule has 0 amide bonds. The molecule has 0 unspecified atom stereocenters. The molecule has 1 aliphatic rings. The zero-order valence-electron chi connectivity index (χ0n) is 12.7. The molecule has 3 N–H and O–H groups in total. The van der Waals surface area contributed by atoms with Crippen molar-refractivity contribution in [2.45, 2.75) is 0 Å². The lowest BCUT2D eigenvalue weighted by Gasteiger charge is -2.07. The maximum Gasteiger partial charge on any atom is 0.231 e. The van der Waals surface area contributed by atoms with Crippen LogP contribution in [0, 0.1) is 0 Å². The summed E-state index contributed by atoms with van der Waals surface area (Å²) in [5, 5.41) is 30.3. The first-order chi connectivity index (χ1) is 12.1. The van der Waals surface area contributed by atoms with Crippen LogP contribution in [0.2, 0.25) is 0 Å². The van der Waals surface area contributed by atoms with Gasteiger partial charge in [0.2, 0.25) is 12.5 Å². The van der Waals surface area contributed by atoms with E-state index in [0.717, 1.165) is 0 Å². The number of benzene rings is 2. The third-order valence-corrected chi connectivity index (χ3v) is 3.90. The van der Waals surface area contributed by atoms with Gasteiger partial charge in [0.1, 0.15) is 11.3 Å². The third kappa shape index (κ3) is 2.33. The minimum Gasteiger partial charge on any atom is -0.506 e. The highest BCUT2D eigenvalue weighted by atomic mass is 16.7. The van der Waals surface area contributed by atoms with Gasteiger partial charge in [0, 0.05) is 0 Å². The summed E-state index contributed by atoms with van der Waals surface area (Å²) in [5.41, 5.74) is 0.180. The fraction of sp³-hybridized carbons (Fsp3) is 0.0556. The monoisotopic (exact) mass is 340 g/mol. The molecule has 0 aliphatic carbocycles. The molecule has 0 fully saturated rings. The molecule has 25 heavy (non-hydrogen) atoms. The predicted molar refractivity (Wildman–Crippen MR) is 87.1 cm³/mol. The van der Waals surface area contributed by atoms with Crippen LogP contribution in [0.15, 0.2) is 41.0 Å². The fourth-order valence-corrected chi connectivity index (χ4v) is 2.66. The third-order valence-electron chi connectivity index (χ3n) is 3.90. The molecule has 126 valence electrons. The number of carbonyl (C=O) groups is 1. The average Bonchev–Trinajstić information content (AvgIpc) is 3.26. The maximum absolute atomic E-state index is 12.4. The molecular weight excluding hydrogens is 328 g/mol. The quantitative estimate of drug-likeness (QED) is 0.291. The van der Waals surface area contributed by atoms with Crippen LogP contribution in [0.4, 0.5) is 0 Å². The van der Waals surface area contributed by atoms with Gasteiger partial charge in [-0.3, -0.25) is 4.79 Å². The Labute approximate surface area is 141 Å². The van der Waals surface area contributed by atoms with E-state index in [9.17, 15) is 20.1 Å². The number of ketones is 1. The highest BCUT2D eigenvalue weighted by Gasteiger charge is 2.24. The van der Waals surface area contributed by atoms with Gasteiger partial charge >= 0.3 is 0 Å². The summed E-state index contributed by atoms with van der Waals surface area (Å²) in [6.07, 6.45) is 3.91. The van der Waals surface area contributed by atoms with Gasteiger partial charge in [-0.05, 0) is 29.8 Å². The van der Waals surface area contributed by atoms with Crippen molar-refractivity contribution in [2.75, 3.05) is 6.79 Å². The van der Waals surface area contributed by atoms with Crippen molar-refractivity contribution in [3.05, 3.63) is 47.7 Å². The number of hydrogen-bond acceptors (Lipinski definition) is 7. The Morgan fingerprint density at radius 3 is 2.64 bits per heavy atom. The number of ether oxygens (including phenoxy) is 2. The first-order valence-corrected chi connectivity index (χ1v) is 7.32. The smallest absolute Gasteiger partial charge is 0.231 e. The summed E-state index contributed by atoms with van der Waals surface area (Å²) in [7, 11) is 0. The minimum atomic E-state index is -0.736. The standard InChI is InChI=1S/C18H12O7/c19-11(3-1-9-2-4-12-13(7-9)25-8-24-12)14-15(20)10-5-6-23-18(10)17(22)16(14)21/h1-7,20-22H,8H2/b3-1+. The van der Waals surface area contributed by atoms with E-state index in [1.54, 1.807) is 18.2 Å². The number of aromatic hydroxyl groups is 3. The summed E-state index contributed by atoms with van der Waals surface area (Å²) in [5.74, 6) is -1.28. The van der Waals surface area contributed by atoms with Crippen LogP contribution in [0.3, 0.4) is 0 Å². The lowest BCUT2D eigenvalue weighted by molar-refractivity contribution is 0.104. The molecule has 0 saturated heterocycles. The van der Waals surface area contributed by atoms with E-state index in [2.05, 4.69) is 0 Å². The molecule has 2 aromatic carbocycles. The summed E-state index contributed by atoms with van der Waals surface area (Å²) >= 11 is 0. The molecule has 1 aliphatic heterocycles. The van der Waals surface area contributed by atoms with Gasteiger partial charge in [-0.15, -0.1) is 0 Å². The molecule has 0 atom stereocenters. The Bertz CT molecular complexity index is 1030. The largest absolute Gasteiger partial charge is 0.506 e. The number of carbonyl (C=O) groups excluding carboxylic acids is 1. The van der Waals surface area contributed by atoms with Crippen molar-refractivity contribution < 1.29 is 34.0 Å². The predicted octanol–water partition coefficient (Wildman–Crippen LogP) is 3.17. The molecule has 0 spiro atoms.